The van der Waals surface area contributed by atoms with Crippen LogP contribution in [-0.4, -0.2) is 4.57 Å². The van der Waals surface area contributed by atoms with E-state index < -0.39 is 0 Å². The van der Waals surface area contributed by atoms with Crippen molar-refractivity contribution in [3.05, 3.63) is 83.4 Å². The number of fused-ring (bicyclic) bond motifs is 3. The van der Waals surface area contributed by atoms with Gasteiger partial charge in [0.1, 0.15) is 0 Å². The van der Waals surface area contributed by atoms with Crippen LogP contribution in [0.25, 0.3) is 21.8 Å². The Kier molecular flexibility index (Phi) is 3.86. The lowest BCUT2D eigenvalue weighted by Gasteiger charge is -2.11. The van der Waals surface area contributed by atoms with Crippen molar-refractivity contribution >= 4 is 21.8 Å². The highest BCUT2D eigenvalue weighted by atomic mass is 15.0. The zero-order valence-corrected chi connectivity index (χ0v) is 14.4. The number of rotatable bonds is 4. The fourth-order valence-corrected chi connectivity index (χ4v) is 3.70. The van der Waals surface area contributed by atoms with Crippen LogP contribution in [0.4, 0.5) is 0 Å². The minimum atomic E-state index is 0.925. The third kappa shape index (κ3) is 2.50. The summed E-state index contributed by atoms with van der Waals surface area (Å²) in [4.78, 5) is 0. The molecule has 3 aromatic carbocycles. The van der Waals surface area contributed by atoms with E-state index in [1.54, 1.807) is 0 Å². The van der Waals surface area contributed by atoms with Crippen LogP contribution in [0.5, 0.6) is 0 Å². The first-order valence-electron chi connectivity index (χ1n) is 8.88. The van der Waals surface area contributed by atoms with Crippen molar-refractivity contribution in [2.45, 2.75) is 33.2 Å². The summed E-state index contributed by atoms with van der Waals surface area (Å²) in [5.74, 6) is 0. The van der Waals surface area contributed by atoms with Crippen LogP contribution in [0.1, 0.15) is 30.5 Å². The molecular weight excluding hydrogens is 290 g/mol. The Hall–Kier alpha value is -2.54. The molecule has 0 fully saturated rings. The van der Waals surface area contributed by atoms with Crippen molar-refractivity contribution in [2.24, 2.45) is 0 Å². The SMILES string of the molecule is CCc1cc(CC)cc(Cn2c3ccccc3c3ccccc32)c1. The lowest BCUT2D eigenvalue weighted by molar-refractivity contribution is 0.862. The average Bonchev–Trinajstić information content (AvgIpc) is 2.96. The molecule has 1 heteroatoms. The summed E-state index contributed by atoms with van der Waals surface area (Å²) in [6.07, 6.45) is 2.18. The lowest BCUT2D eigenvalue weighted by Crippen LogP contribution is -2.01. The second-order valence-corrected chi connectivity index (χ2v) is 6.49. The number of nitrogens with zero attached hydrogens (tertiary/aromatic N) is 1. The van der Waals surface area contributed by atoms with Gasteiger partial charge in [-0.15, -0.1) is 0 Å². The minimum absolute atomic E-state index is 0.925. The van der Waals surface area contributed by atoms with E-state index in [1.165, 1.54) is 38.5 Å². The lowest BCUT2D eigenvalue weighted by atomic mass is 10.0. The number of aromatic nitrogens is 1. The van der Waals surface area contributed by atoms with E-state index in [9.17, 15) is 0 Å². The molecule has 0 saturated heterocycles. The molecule has 120 valence electrons. The van der Waals surface area contributed by atoms with Crippen LogP contribution >= 0.6 is 0 Å². The van der Waals surface area contributed by atoms with Gasteiger partial charge in [0.15, 0.2) is 0 Å². The quantitative estimate of drug-likeness (QED) is 0.437. The van der Waals surface area contributed by atoms with E-state index in [2.05, 4.69) is 85.1 Å². The van der Waals surface area contributed by atoms with Gasteiger partial charge >= 0.3 is 0 Å². The summed E-state index contributed by atoms with van der Waals surface area (Å²) in [7, 11) is 0. The topological polar surface area (TPSA) is 4.93 Å². The first-order valence-corrected chi connectivity index (χ1v) is 8.88. The van der Waals surface area contributed by atoms with Crippen LogP contribution in [0.15, 0.2) is 66.7 Å². The monoisotopic (exact) mass is 313 g/mol. The standard InChI is InChI=1S/C23H23N/c1-3-17-13-18(4-2)15-19(14-17)16-24-22-11-7-5-9-20(22)21-10-6-8-12-23(21)24/h5-15H,3-4,16H2,1-2H3. The van der Waals surface area contributed by atoms with Crippen molar-refractivity contribution in [1.82, 2.24) is 4.57 Å². The molecule has 0 aliphatic heterocycles. The van der Waals surface area contributed by atoms with Crippen molar-refractivity contribution < 1.29 is 0 Å². The number of hydrogen-bond donors (Lipinski definition) is 0. The van der Waals surface area contributed by atoms with E-state index in [0.29, 0.717) is 0 Å². The highest BCUT2D eigenvalue weighted by Crippen LogP contribution is 2.29. The zero-order valence-electron chi connectivity index (χ0n) is 14.4. The molecule has 24 heavy (non-hydrogen) atoms. The first-order chi connectivity index (χ1) is 11.8. The summed E-state index contributed by atoms with van der Waals surface area (Å²) in [6.45, 7) is 5.40. The van der Waals surface area contributed by atoms with Gasteiger partial charge in [0.2, 0.25) is 0 Å². The Morgan fingerprint density at radius 3 is 1.58 bits per heavy atom. The van der Waals surface area contributed by atoms with Crippen LogP contribution in [0.3, 0.4) is 0 Å². The molecule has 0 aliphatic rings. The van der Waals surface area contributed by atoms with E-state index in [0.717, 1.165) is 19.4 Å². The number of benzene rings is 3. The smallest absolute Gasteiger partial charge is 0.0494 e. The summed E-state index contributed by atoms with van der Waals surface area (Å²) in [5.41, 5.74) is 6.91. The molecule has 1 aromatic heterocycles. The molecule has 1 heterocycles. The van der Waals surface area contributed by atoms with Gasteiger partial charge in [0.05, 0.1) is 0 Å². The van der Waals surface area contributed by atoms with Crippen molar-refractivity contribution in [1.29, 1.82) is 0 Å². The third-order valence-corrected chi connectivity index (χ3v) is 4.95. The Morgan fingerprint density at radius 2 is 1.08 bits per heavy atom. The Morgan fingerprint density at radius 1 is 0.625 bits per heavy atom. The Bertz CT molecular complexity index is 932. The van der Waals surface area contributed by atoms with Crippen molar-refractivity contribution in [3.63, 3.8) is 0 Å². The molecular formula is C23H23N. The summed E-state index contributed by atoms with van der Waals surface area (Å²) in [5, 5.41) is 2.69. The molecule has 4 aromatic rings. The average molecular weight is 313 g/mol. The molecule has 1 nitrogen and oxygen atoms in total. The Labute approximate surface area is 143 Å². The van der Waals surface area contributed by atoms with Gasteiger partial charge in [-0.2, -0.15) is 0 Å². The molecule has 4 rings (SSSR count). The van der Waals surface area contributed by atoms with Gasteiger partial charge in [-0.05, 0) is 41.7 Å². The number of hydrogen-bond acceptors (Lipinski definition) is 0. The molecule has 0 spiro atoms. The van der Waals surface area contributed by atoms with Crippen LogP contribution < -0.4 is 0 Å². The van der Waals surface area contributed by atoms with Gasteiger partial charge < -0.3 is 4.57 Å². The molecule has 0 bridgehead atoms. The summed E-state index contributed by atoms with van der Waals surface area (Å²) >= 11 is 0. The van der Waals surface area contributed by atoms with Crippen molar-refractivity contribution in [3.8, 4) is 0 Å². The van der Waals surface area contributed by atoms with Gasteiger partial charge in [0.25, 0.3) is 0 Å². The largest absolute Gasteiger partial charge is 0.336 e. The van der Waals surface area contributed by atoms with Gasteiger partial charge in [-0.1, -0.05) is 68.4 Å². The maximum Gasteiger partial charge on any atom is 0.0494 e. The van der Waals surface area contributed by atoms with E-state index in [4.69, 9.17) is 0 Å². The third-order valence-electron chi connectivity index (χ3n) is 4.95. The normalized spacial score (nSPS) is 11.4. The van der Waals surface area contributed by atoms with Crippen LogP contribution in [0, 0.1) is 0 Å². The highest BCUT2D eigenvalue weighted by Gasteiger charge is 2.10. The summed E-state index contributed by atoms with van der Waals surface area (Å²) < 4.78 is 2.46. The maximum atomic E-state index is 2.46. The van der Waals surface area contributed by atoms with Crippen LogP contribution in [0.2, 0.25) is 0 Å². The second-order valence-electron chi connectivity index (χ2n) is 6.49. The molecule has 0 unspecified atom stereocenters. The van der Waals surface area contributed by atoms with Crippen LogP contribution in [-0.2, 0) is 19.4 Å². The summed E-state index contributed by atoms with van der Waals surface area (Å²) in [6, 6.07) is 24.5. The van der Waals surface area contributed by atoms with E-state index >= 15 is 0 Å². The predicted molar refractivity (Wildman–Crippen MR) is 104 cm³/mol. The van der Waals surface area contributed by atoms with E-state index in [-0.39, 0.29) is 0 Å². The fraction of sp³-hybridized carbons (Fsp3) is 0.217. The minimum Gasteiger partial charge on any atom is -0.336 e. The van der Waals surface area contributed by atoms with Gasteiger partial charge in [-0.25, -0.2) is 0 Å². The van der Waals surface area contributed by atoms with Gasteiger partial charge in [-0.3, -0.25) is 0 Å². The molecule has 0 N–H and O–H groups in total. The first kappa shape index (κ1) is 15.0. The zero-order chi connectivity index (χ0) is 16.5. The molecule has 0 atom stereocenters. The molecule has 0 saturated carbocycles. The highest BCUT2D eigenvalue weighted by molar-refractivity contribution is 6.08. The molecule has 0 amide bonds. The number of aryl methyl sites for hydroxylation is 2. The van der Waals surface area contributed by atoms with Gasteiger partial charge in [0, 0.05) is 28.4 Å². The molecule has 0 radical (unpaired) electrons. The number of para-hydroxylation sites is 2. The predicted octanol–water partition coefficient (Wildman–Crippen LogP) is 5.97. The fourth-order valence-electron chi connectivity index (χ4n) is 3.70. The van der Waals surface area contributed by atoms with Crippen molar-refractivity contribution in [2.75, 3.05) is 0 Å². The second kappa shape index (κ2) is 6.16. The van der Waals surface area contributed by atoms with E-state index in [1.807, 2.05) is 0 Å². The molecule has 0 aliphatic carbocycles. The maximum absolute atomic E-state index is 2.46. The Balaban J connectivity index is 1.90.